The van der Waals surface area contributed by atoms with Gasteiger partial charge in [-0.2, -0.15) is 0 Å². The summed E-state index contributed by atoms with van der Waals surface area (Å²) in [4.78, 5) is 25.3. The molecule has 19 heavy (non-hydrogen) atoms. The van der Waals surface area contributed by atoms with Gasteiger partial charge < -0.3 is 14.4 Å². The molecule has 0 aromatic heterocycles. The molecule has 2 rings (SSSR count). The predicted octanol–water partition coefficient (Wildman–Crippen LogP) is 2.30. The van der Waals surface area contributed by atoms with E-state index in [1.165, 1.54) is 0 Å². The Morgan fingerprint density at radius 1 is 1.42 bits per heavy atom. The number of benzene rings is 1. The fraction of sp³-hybridized carbons (Fsp3) is 0.467. The van der Waals surface area contributed by atoms with Crippen molar-refractivity contribution in [2.75, 3.05) is 19.1 Å². The van der Waals surface area contributed by atoms with E-state index in [0.717, 1.165) is 17.0 Å². The van der Waals surface area contributed by atoms with Gasteiger partial charge in [0.2, 0.25) is 5.91 Å². The van der Waals surface area contributed by atoms with Crippen molar-refractivity contribution in [3.8, 4) is 5.75 Å². The molecular weight excluding hydrogens is 242 g/mol. The van der Waals surface area contributed by atoms with Crippen LogP contribution < -0.4 is 9.64 Å². The number of Topliss-reactive ketones (excluding diaryl/α,β-unsaturated/α-hetero) is 1. The first-order valence-corrected chi connectivity index (χ1v) is 6.36. The topological polar surface area (TPSA) is 46.6 Å². The molecule has 1 unspecified atom stereocenters. The van der Waals surface area contributed by atoms with Gasteiger partial charge in [0.25, 0.3) is 0 Å². The van der Waals surface area contributed by atoms with E-state index in [1.54, 1.807) is 26.0 Å². The van der Waals surface area contributed by atoms with Crippen LogP contribution in [0, 0.1) is 0 Å². The molecule has 1 heterocycles. The second kappa shape index (κ2) is 4.68. The second-order valence-electron chi connectivity index (χ2n) is 5.28. The third-order valence-corrected chi connectivity index (χ3v) is 3.91. The Hall–Kier alpha value is -1.84. The Morgan fingerprint density at radius 2 is 2.11 bits per heavy atom. The highest BCUT2D eigenvalue weighted by Crippen LogP contribution is 2.45. The molecular formula is C15H19NO3. The number of hydrogen-bond donors (Lipinski definition) is 0. The van der Waals surface area contributed by atoms with Crippen LogP contribution >= 0.6 is 0 Å². The maximum Gasteiger partial charge on any atom is 0.237 e. The number of nitrogens with zero attached hydrogens (tertiary/aromatic N) is 1. The van der Waals surface area contributed by atoms with Crippen molar-refractivity contribution in [1.29, 1.82) is 0 Å². The molecule has 0 N–H and O–H groups in total. The van der Waals surface area contributed by atoms with E-state index in [4.69, 9.17) is 4.74 Å². The van der Waals surface area contributed by atoms with Crippen LogP contribution in [0.1, 0.15) is 32.3 Å². The van der Waals surface area contributed by atoms with Gasteiger partial charge in [-0.15, -0.1) is 0 Å². The minimum Gasteiger partial charge on any atom is -0.497 e. The van der Waals surface area contributed by atoms with Crippen LogP contribution in [-0.2, 0) is 15.0 Å². The third kappa shape index (κ3) is 2.11. The molecule has 1 aromatic carbocycles. The Morgan fingerprint density at radius 3 is 2.68 bits per heavy atom. The molecule has 102 valence electrons. The highest BCUT2D eigenvalue weighted by atomic mass is 16.5. The lowest BCUT2D eigenvalue weighted by atomic mass is 9.79. The summed E-state index contributed by atoms with van der Waals surface area (Å²) in [6.07, 6.45) is 0.943. The zero-order valence-corrected chi connectivity index (χ0v) is 11.8. The number of likely N-dealkylation sites (N-methyl/N-ethyl adjacent to an activating group) is 1. The Bertz CT molecular complexity index is 538. The van der Waals surface area contributed by atoms with Gasteiger partial charge in [-0.25, -0.2) is 0 Å². The molecule has 1 atom stereocenters. The fourth-order valence-electron chi connectivity index (χ4n) is 2.64. The van der Waals surface area contributed by atoms with Crippen molar-refractivity contribution >= 4 is 17.4 Å². The number of ether oxygens (including phenoxy) is 1. The van der Waals surface area contributed by atoms with Gasteiger partial charge in [0, 0.05) is 19.2 Å². The number of carbonyl (C=O) groups is 2. The zero-order valence-electron chi connectivity index (χ0n) is 11.8. The summed E-state index contributed by atoms with van der Waals surface area (Å²) in [5.41, 5.74) is 1.21. The quantitative estimate of drug-likeness (QED) is 0.835. The maximum absolute atomic E-state index is 12.5. The lowest BCUT2D eigenvalue weighted by Crippen LogP contribution is -2.36. The Kier molecular flexibility index (Phi) is 3.35. The minimum atomic E-state index is -0.635. The van der Waals surface area contributed by atoms with Crippen LogP contribution in [0.4, 0.5) is 5.69 Å². The average molecular weight is 261 g/mol. The molecule has 1 aliphatic rings. The SMILES string of the molecule is COc1ccc2c(c1)C(C)(CCC(C)=O)C(=O)N2C. The largest absolute Gasteiger partial charge is 0.497 e. The number of methoxy groups -OCH3 is 1. The molecule has 1 aromatic rings. The lowest BCUT2D eigenvalue weighted by molar-refractivity contribution is -0.123. The number of carbonyl (C=O) groups excluding carboxylic acids is 2. The molecule has 1 amide bonds. The number of rotatable bonds is 4. The lowest BCUT2D eigenvalue weighted by Gasteiger charge is -2.22. The third-order valence-electron chi connectivity index (χ3n) is 3.91. The monoisotopic (exact) mass is 261 g/mol. The van der Waals surface area contributed by atoms with Crippen molar-refractivity contribution in [3.05, 3.63) is 23.8 Å². The predicted molar refractivity (Wildman–Crippen MR) is 73.7 cm³/mol. The summed E-state index contributed by atoms with van der Waals surface area (Å²) in [6.45, 7) is 3.46. The van der Waals surface area contributed by atoms with E-state index in [-0.39, 0.29) is 11.7 Å². The molecule has 0 spiro atoms. The second-order valence-corrected chi connectivity index (χ2v) is 5.28. The van der Waals surface area contributed by atoms with Crippen molar-refractivity contribution in [2.45, 2.75) is 32.1 Å². The van der Waals surface area contributed by atoms with Gasteiger partial charge in [-0.1, -0.05) is 0 Å². The summed E-state index contributed by atoms with van der Waals surface area (Å²) < 4.78 is 5.23. The van der Waals surface area contributed by atoms with Crippen molar-refractivity contribution in [3.63, 3.8) is 0 Å². The molecule has 0 saturated carbocycles. The minimum absolute atomic E-state index is 0.0389. The standard InChI is InChI=1S/C15H19NO3/c1-10(17)7-8-15(2)12-9-11(19-4)5-6-13(12)16(3)14(15)18/h5-6,9H,7-8H2,1-4H3. The normalized spacial score (nSPS) is 21.5. The molecule has 4 nitrogen and oxygen atoms in total. The van der Waals surface area contributed by atoms with Crippen LogP contribution in [0.25, 0.3) is 0 Å². The molecule has 0 radical (unpaired) electrons. The number of anilines is 1. The molecule has 0 bridgehead atoms. The van der Waals surface area contributed by atoms with E-state index in [1.807, 2.05) is 25.1 Å². The van der Waals surface area contributed by atoms with Gasteiger partial charge in [-0.05, 0) is 44.0 Å². The van der Waals surface area contributed by atoms with Gasteiger partial charge in [0.15, 0.2) is 0 Å². The van der Waals surface area contributed by atoms with Crippen molar-refractivity contribution < 1.29 is 14.3 Å². The van der Waals surface area contributed by atoms with E-state index in [0.29, 0.717) is 12.8 Å². The van der Waals surface area contributed by atoms with E-state index < -0.39 is 5.41 Å². The number of fused-ring (bicyclic) bond motifs is 1. The molecule has 0 aliphatic carbocycles. The van der Waals surface area contributed by atoms with Crippen LogP contribution in [0.3, 0.4) is 0 Å². The summed E-state index contributed by atoms with van der Waals surface area (Å²) in [5.74, 6) is 0.876. The first kappa shape index (κ1) is 13.6. The molecule has 0 fully saturated rings. The summed E-state index contributed by atoms with van der Waals surface area (Å²) >= 11 is 0. The van der Waals surface area contributed by atoms with Crippen LogP contribution in [0.15, 0.2) is 18.2 Å². The van der Waals surface area contributed by atoms with E-state index in [2.05, 4.69) is 0 Å². The number of amides is 1. The van der Waals surface area contributed by atoms with Crippen LogP contribution in [-0.4, -0.2) is 25.8 Å². The summed E-state index contributed by atoms with van der Waals surface area (Å²) in [5, 5.41) is 0. The van der Waals surface area contributed by atoms with E-state index in [9.17, 15) is 9.59 Å². The van der Waals surface area contributed by atoms with Crippen LogP contribution in [0.2, 0.25) is 0 Å². The maximum atomic E-state index is 12.5. The Labute approximate surface area is 113 Å². The highest BCUT2D eigenvalue weighted by molar-refractivity contribution is 6.07. The van der Waals surface area contributed by atoms with Crippen LogP contribution in [0.5, 0.6) is 5.75 Å². The van der Waals surface area contributed by atoms with Gasteiger partial charge in [0.1, 0.15) is 11.5 Å². The van der Waals surface area contributed by atoms with Crippen molar-refractivity contribution in [1.82, 2.24) is 0 Å². The first-order chi connectivity index (χ1) is 8.90. The molecule has 4 heteroatoms. The smallest absolute Gasteiger partial charge is 0.237 e. The number of ketones is 1. The average Bonchev–Trinajstić information content (AvgIpc) is 2.59. The first-order valence-electron chi connectivity index (χ1n) is 6.36. The van der Waals surface area contributed by atoms with Gasteiger partial charge in [0.05, 0.1) is 12.5 Å². The van der Waals surface area contributed by atoms with Gasteiger partial charge >= 0.3 is 0 Å². The number of hydrogen-bond acceptors (Lipinski definition) is 3. The fourth-order valence-corrected chi connectivity index (χ4v) is 2.64. The molecule has 0 saturated heterocycles. The molecule has 1 aliphatic heterocycles. The van der Waals surface area contributed by atoms with Crippen molar-refractivity contribution in [2.24, 2.45) is 0 Å². The highest BCUT2D eigenvalue weighted by Gasteiger charge is 2.45. The Balaban J connectivity index is 2.46. The van der Waals surface area contributed by atoms with E-state index >= 15 is 0 Å². The summed E-state index contributed by atoms with van der Waals surface area (Å²) in [7, 11) is 3.38. The summed E-state index contributed by atoms with van der Waals surface area (Å²) in [6, 6.07) is 5.64. The van der Waals surface area contributed by atoms with Gasteiger partial charge in [-0.3, -0.25) is 4.79 Å². The zero-order chi connectivity index (χ0) is 14.2.